The highest BCUT2D eigenvalue weighted by atomic mass is 32.2. The summed E-state index contributed by atoms with van der Waals surface area (Å²) < 4.78 is 1.97. The summed E-state index contributed by atoms with van der Waals surface area (Å²) in [5, 5.41) is 9.46. The largest absolute Gasteiger partial charge is 0.368 e. The molecule has 4 rings (SSSR count). The molecular formula is C25H31N5OS. The summed E-state index contributed by atoms with van der Waals surface area (Å²) in [7, 11) is 1.96. The predicted octanol–water partition coefficient (Wildman–Crippen LogP) is 4.22. The Bertz CT molecular complexity index is 1050. The summed E-state index contributed by atoms with van der Waals surface area (Å²) in [5.41, 5.74) is 3.65. The maximum Gasteiger partial charge on any atom is 0.233 e. The first kappa shape index (κ1) is 22.4. The molecule has 3 aromatic rings. The van der Waals surface area contributed by atoms with Gasteiger partial charge in [-0.05, 0) is 23.1 Å². The van der Waals surface area contributed by atoms with Crippen LogP contribution in [0.2, 0.25) is 0 Å². The highest BCUT2D eigenvalue weighted by Gasteiger charge is 2.22. The van der Waals surface area contributed by atoms with Crippen LogP contribution in [-0.4, -0.2) is 57.5 Å². The Morgan fingerprint density at radius 3 is 2.22 bits per heavy atom. The Morgan fingerprint density at radius 2 is 1.59 bits per heavy atom. The molecule has 1 fully saturated rings. The monoisotopic (exact) mass is 449 g/mol. The van der Waals surface area contributed by atoms with Gasteiger partial charge in [0.15, 0.2) is 11.0 Å². The van der Waals surface area contributed by atoms with Gasteiger partial charge in [0.2, 0.25) is 5.91 Å². The Kier molecular flexibility index (Phi) is 6.55. The maximum absolute atomic E-state index is 12.8. The van der Waals surface area contributed by atoms with Crippen LogP contribution in [0.4, 0.5) is 5.69 Å². The Morgan fingerprint density at radius 1 is 0.938 bits per heavy atom. The van der Waals surface area contributed by atoms with Crippen LogP contribution in [0.3, 0.4) is 0 Å². The minimum Gasteiger partial charge on any atom is -0.368 e. The second kappa shape index (κ2) is 9.36. The fraction of sp³-hybridized carbons (Fsp3) is 0.400. The number of amides is 1. The van der Waals surface area contributed by atoms with Gasteiger partial charge in [-0.15, -0.1) is 10.2 Å². The first-order chi connectivity index (χ1) is 15.3. The number of aromatic nitrogens is 3. The number of hydrogen-bond donors (Lipinski definition) is 0. The number of thioether (sulfide) groups is 1. The van der Waals surface area contributed by atoms with Gasteiger partial charge in [0.05, 0.1) is 5.75 Å². The lowest BCUT2D eigenvalue weighted by atomic mass is 9.87. The van der Waals surface area contributed by atoms with Gasteiger partial charge in [-0.1, -0.05) is 75.0 Å². The van der Waals surface area contributed by atoms with Gasteiger partial charge in [-0.3, -0.25) is 4.79 Å². The molecule has 1 aliphatic rings. The van der Waals surface area contributed by atoms with Crippen LogP contribution in [-0.2, 0) is 17.3 Å². The highest BCUT2D eigenvalue weighted by molar-refractivity contribution is 7.99. The molecule has 0 spiro atoms. The number of benzene rings is 2. The molecule has 1 aromatic heterocycles. The smallest absolute Gasteiger partial charge is 0.233 e. The van der Waals surface area contributed by atoms with E-state index >= 15 is 0 Å². The van der Waals surface area contributed by atoms with Crippen LogP contribution < -0.4 is 4.90 Å². The van der Waals surface area contributed by atoms with Gasteiger partial charge < -0.3 is 14.4 Å². The lowest BCUT2D eigenvalue weighted by molar-refractivity contribution is -0.128. The Hall–Kier alpha value is -2.80. The van der Waals surface area contributed by atoms with Crippen molar-refractivity contribution in [1.82, 2.24) is 19.7 Å². The maximum atomic E-state index is 12.8. The molecule has 0 aliphatic carbocycles. The fourth-order valence-electron chi connectivity index (χ4n) is 3.88. The van der Waals surface area contributed by atoms with Crippen molar-refractivity contribution in [2.45, 2.75) is 31.3 Å². The Balaban J connectivity index is 1.33. The molecular weight excluding hydrogens is 418 g/mol. The van der Waals surface area contributed by atoms with Crippen LogP contribution in [0, 0.1) is 0 Å². The number of hydrogen-bond acceptors (Lipinski definition) is 5. The van der Waals surface area contributed by atoms with Crippen LogP contribution in [0.25, 0.3) is 11.4 Å². The number of carbonyl (C=O) groups excluding carboxylic acids is 1. The summed E-state index contributed by atoms with van der Waals surface area (Å²) >= 11 is 1.45. The summed E-state index contributed by atoms with van der Waals surface area (Å²) in [6, 6.07) is 18.9. The van der Waals surface area contributed by atoms with Crippen molar-refractivity contribution in [3.8, 4) is 11.4 Å². The zero-order valence-corrected chi connectivity index (χ0v) is 20.1. The van der Waals surface area contributed by atoms with E-state index < -0.39 is 0 Å². The molecule has 0 bridgehead atoms. The van der Waals surface area contributed by atoms with Gasteiger partial charge in [0.1, 0.15) is 0 Å². The van der Waals surface area contributed by atoms with Crippen LogP contribution in [0.15, 0.2) is 59.8 Å². The second-order valence-corrected chi connectivity index (χ2v) is 10.1. The average Bonchev–Trinajstić information content (AvgIpc) is 3.18. The standard InChI is InChI=1S/C25H31N5OS/c1-25(2,3)20-12-10-19(11-13-20)23-26-27-24(28(23)4)32-18-22(31)30-16-14-29(15-17-30)21-8-6-5-7-9-21/h5-13H,14-18H2,1-4H3. The molecule has 0 saturated carbocycles. The van der Waals surface area contributed by atoms with Gasteiger partial charge in [-0.25, -0.2) is 0 Å². The van der Waals surface area contributed by atoms with Gasteiger partial charge in [-0.2, -0.15) is 0 Å². The van der Waals surface area contributed by atoms with E-state index in [4.69, 9.17) is 0 Å². The number of carbonyl (C=O) groups is 1. The number of para-hydroxylation sites is 1. The summed E-state index contributed by atoms with van der Waals surface area (Å²) in [5.74, 6) is 1.35. The van der Waals surface area contributed by atoms with E-state index in [1.54, 1.807) is 0 Å². The fourth-order valence-corrected chi connectivity index (χ4v) is 4.70. The van der Waals surface area contributed by atoms with Crippen molar-refractivity contribution >= 4 is 23.4 Å². The number of rotatable bonds is 5. The van der Waals surface area contributed by atoms with Crippen molar-refractivity contribution in [2.24, 2.45) is 7.05 Å². The number of nitrogens with zero attached hydrogens (tertiary/aromatic N) is 5. The van der Waals surface area contributed by atoms with E-state index in [9.17, 15) is 4.79 Å². The molecule has 7 heteroatoms. The van der Waals surface area contributed by atoms with E-state index in [-0.39, 0.29) is 11.3 Å². The predicted molar refractivity (Wildman–Crippen MR) is 131 cm³/mol. The van der Waals surface area contributed by atoms with Crippen molar-refractivity contribution in [3.05, 3.63) is 60.2 Å². The summed E-state index contributed by atoms with van der Waals surface area (Å²) in [6.07, 6.45) is 0. The number of piperazine rings is 1. The molecule has 0 N–H and O–H groups in total. The normalized spacial score (nSPS) is 14.6. The second-order valence-electron chi connectivity index (χ2n) is 9.18. The van der Waals surface area contributed by atoms with Crippen molar-refractivity contribution in [1.29, 1.82) is 0 Å². The molecule has 1 amide bonds. The summed E-state index contributed by atoms with van der Waals surface area (Å²) in [4.78, 5) is 17.0. The first-order valence-electron chi connectivity index (χ1n) is 11.0. The minimum atomic E-state index is 0.117. The molecule has 0 radical (unpaired) electrons. The van der Waals surface area contributed by atoms with Crippen LogP contribution >= 0.6 is 11.8 Å². The van der Waals surface area contributed by atoms with Crippen molar-refractivity contribution in [2.75, 3.05) is 36.8 Å². The molecule has 2 aromatic carbocycles. The molecule has 0 atom stereocenters. The van der Waals surface area contributed by atoms with Crippen molar-refractivity contribution in [3.63, 3.8) is 0 Å². The minimum absolute atomic E-state index is 0.117. The molecule has 168 valence electrons. The van der Waals surface area contributed by atoms with Gasteiger partial charge >= 0.3 is 0 Å². The zero-order valence-electron chi connectivity index (χ0n) is 19.3. The molecule has 1 aliphatic heterocycles. The average molecular weight is 450 g/mol. The summed E-state index contributed by atoms with van der Waals surface area (Å²) in [6.45, 7) is 9.84. The van der Waals surface area contributed by atoms with Crippen LogP contribution in [0.1, 0.15) is 26.3 Å². The third kappa shape index (κ3) is 4.99. The molecule has 0 unspecified atom stereocenters. The van der Waals surface area contributed by atoms with E-state index in [2.05, 4.69) is 84.4 Å². The lowest BCUT2D eigenvalue weighted by Gasteiger charge is -2.36. The molecule has 1 saturated heterocycles. The number of anilines is 1. The molecule has 2 heterocycles. The van der Waals surface area contributed by atoms with E-state index in [0.29, 0.717) is 5.75 Å². The molecule has 32 heavy (non-hydrogen) atoms. The third-order valence-electron chi connectivity index (χ3n) is 5.92. The zero-order chi connectivity index (χ0) is 22.7. The topological polar surface area (TPSA) is 54.3 Å². The van der Waals surface area contributed by atoms with E-state index in [0.717, 1.165) is 42.7 Å². The van der Waals surface area contributed by atoms with Crippen LogP contribution in [0.5, 0.6) is 0 Å². The SMILES string of the molecule is Cn1c(SCC(=O)N2CCN(c3ccccc3)CC2)nnc1-c1ccc(C(C)(C)C)cc1. The lowest BCUT2D eigenvalue weighted by Crippen LogP contribution is -2.49. The quantitative estimate of drug-likeness (QED) is 0.546. The Labute approximate surface area is 194 Å². The van der Waals surface area contributed by atoms with E-state index in [1.165, 1.54) is 23.0 Å². The highest BCUT2D eigenvalue weighted by Crippen LogP contribution is 2.27. The third-order valence-corrected chi connectivity index (χ3v) is 6.93. The van der Waals surface area contributed by atoms with Gasteiger partial charge in [0.25, 0.3) is 0 Å². The molecule has 6 nitrogen and oxygen atoms in total. The van der Waals surface area contributed by atoms with Crippen molar-refractivity contribution < 1.29 is 4.79 Å². The van der Waals surface area contributed by atoms with Gasteiger partial charge in [0, 0.05) is 44.5 Å². The van der Waals surface area contributed by atoms with E-state index in [1.807, 2.05) is 22.6 Å². The first-order valence-corrected chi connectivity index (χ1v) is 12.0.